The number of aromatic nitrogens is 1. The predicted octanol–water partition coefficient (Wildman–Crippen LogP) is 2.92. The number of benzene rings is 2. The summed E-state index contributed by atoms with van der Waals surface area (Å²) < 4.78 is 47.3. The molecule has 1 N–H and O–H groups in total. The molecule has 2 aromatic carbocycles. The summed E-state index contributed by atoms with van der Waals surface area (Å²) in [6, 6.07) is 10.6. The fourth-order valence-corrected chi connectivity index (χ4v) is 6.74. The average molecular weight is 600 g/mol. The van der Waals surface area contributed by atoms with Crippen molar-refractivity contribution in [3.8, 4) is 5.75 Å². The van der Waals surface area contributed by atoms with E-state index < -0.39 is 53.2 Å². The largest absolute Gasteiger partial charge is 0.469 e. The van der Waals surface area contributed by atoms with Crippen LogP contribution < -0.4 is 15.2 Å². The third-order valence-electron chi connectivity index (χ3n) is 7.61. The molecule has 0 radical (unpaired) electrons. The zero-order valence-corrected chi connectivity index (χ0v) is 23.3. The molecule has 4 heterocycles. The highest BCUT2D eigenvalue weighted by Crippen LogP contribution is 2.45. The lowest BCUT2D eigenvalue weighted by atomic mass is 9.93. The lowest BCUT2D eigenvalue weighted by molar-refractivity contribution is -0.142. The molecule has 3 atom stereocenters. The van der Waals surface area contributed by atoms with Crippen molar-refractivity contribution in [3.05, 3.63) is 92.9 Å². The van der Waals surface area contributed by atoms with Crippen molar-refractivity contribution in [1.82, 2.24) is 9.58 Å². The number of amides is 1. The predicted molar refractivity (Wildman–Crippen MR) is 147 cm³/mol. The Morgan fingerprint density at radius 3 is 2.79 bits per heavy atom. The first-order valence-corrected chi connectivity index (χ1v) is 14.3. The molecule has 1 aromatic heterocycles. The van der Waals surface area contributed by atoms with E-state index in [9.17, 15) is 23.9 Å². The lowest BCUT2D eigenvalue weighted by Crippen LogP contribution is -2.66. The standard InChI is InChI=1S/C29H27F2N3O7S/c1-39-23(36)8-9-24(37)41-28-20(35)10-11-33-27(28)29(38)32-12-13-40-14-22(32)34(33)26-16-6-7-19(30)25(31)18(16)15-42-21-5-3-2-4-17(21)26/h2-7,10-11,22,24,26,37H,8-9,12-15H2,1H3/t22-,24?,26+/m1/s1. The van der Waals surface area contributed by atoms with Crippen molar-refractivity contribution < 1.29 is 37.7 Å². The van der Waals surface area contributed by atoms with Gasteiger partial charge in [0.1, 0.15) is 6.17 Å². The van der Waals surface area contributed by atoms with Crippen LogP contribution in [0.4, 0.5) is 8.78 Å². The molecular weight excluding hydrogens is 572 g/mol. The topological polar surface area (TPSA) is 111 Å². The van der Waals surface area contributed by atoms with Gasteiger partial charge in [0.25, 0.3) is 5.91 Å². The molecule has 42 heavy (non-hydrogen) atoms. The number of rotatable bonds is 6. The maximum atomic E-state index is 15.3. The second-order valence-electron chi connectivity index (χ2n) is 9.98. The number of aliphatic hydroxyl groups excluding tert-OH is 1. The number of carbonyl (C=O) groups is 2. The number of aliphatic hydroxyl groups is 1. The first kappa shape index (κ1) is 28.2. The molecule has 13 heteroatoms. The summed E-state index contributed by atoms with van der Waals surface area (Å²) in [6.45, 7) is 0.555. The van der Waals surface area contributed by atoms with E-state index in [2.05, 4.69) is 4.74 Å². The van der Waals surface area contributed by atoms with Crippen LogP contribution in [0.3, 0.4) is 0 Å². The Hall–Kier alpha value is -3.94. The summed E-state index contributed by atoms with van der Waals surface area (Å²) in [7, 11) is 1.21. The van der Waals surface area contributed by atoms with Gasteiger partial charge in [0, 0.05) is 41.4 Å². The van der Waals surface area contributed by atoms with Crippen molar-refractivity contribution in [1.29, 1.82) is 0 Å². The molecule has 6 rings (SSSR count). The molecule has 10 nitrogen and oxygen atoms in total. The fraction of sp³-hybridized carbons (Fsp3) is 0.345. The molecule has 0 aliphatic carbocycles. The van der Waals surface area contributed by atoms with Gasteiger partial charge in [-0.2, -0.15) is 0 Å². The van der Waals surface area contributed by atoms with E-state index in [4.69, 9.17) is 9.47 Å². The summed E-state index contributed by atoms with van der Waals surface area (Å²) in [5.74, 6) is -3.21. The smallest absolute Gasteiger partial charge is 0.305 e. The molecule has 3 aromatic rings. The molecule has 0 spiro atoms. The summed E-state index contributed by atoms with van der Waals surface area (Å²) in [5, 5.41) is 12.4. The van der Waals surface area contributed by atoms with E-state index in [0.717, 1.165) is 16.5 Å². The number of hydrogen-bond donors (Lipinski definition) is 1. The minimum absolute atomic E-state index is 0.111. The average Bonchev–Trinajstić information content (AvgIpc) is 3.16. The van der Waals surface area contributed by atoms with Crippen LogP contribution in [0.15, 0.2) is 58.4 Å². The van der Waals surface area contributed by atoms with Crippen LogP contribution in [0.5, 0.6) is 5.75 Å². The van der Waals surface area contributed by atoms with E-state index in [1.54, 1.807) is 11.0 Å². The van der Waals surface area contributed by atoms with Crippen LogP contribution >= 0.6 is 11.8 Å². The second-order valence-corrected chi connectivity index (χ2v) is 11.0. The minimum atomic E-state index is -1.58. The van der Waals surface area contributed by atoms with Gasteiger partial charge < -0.3 is 24.2 Å². The number of nitrogens with zero attached hydrogens (tertiary/aromatic N) is 3. The SMILES string of the molecule is COC(=O)CCC(O)Oc1c2n(ccc1=O)N([C@@H]1c3ccccc3SCc3c1ccc(F)c3F)[C@@H]1COCCN1C2=O. The summed E-state index contributed by atoms with van der Waals surface area (Å²) >= 11 is 1.38. The highest BCUT2D eigenvalue weighted by molar-refractivity contribution is 7.98. The maximum Gasteiger partial charge on any atom is 0.305 e. The van der Waals surface area contributed by atoms with Gasteiger partial charge in [-0.15, -0.1) is 11.8 Å². The third-order valence-corrected chi connectivity index (χ3v) is 8.73. The molecule has 1 unspecified atom stereocenters. The van der Waals surface area contributed by atoms with Crippen molar-refractivity contribution in [2.45, 2.75) is 42.0 Å². The quantitative estimate of drug-likeness (QED) is 0.338. The number of halogens is 2. The molecule has 1 saturated heterocycles. The Balaban J connectivity index is 1.55. The highest BCUT2D eigenvalue weighted by atomic mass is 32.2. The van der Waals surface area contributed by atoms with Crippen LogP contribution in [0.2, 0.25) is 0 Å². The Morgan fingerprint density at radius 1 is 1.17 bits per heavy atom. The van der Waals surface area contributed by atoms with Gasteiger partial charge in [-0.3, -0.25) is 24.1 Å². The summed E-state index contributed by atoms with van der Waals surface area (Å²) in [4.78, 5) is 41.0. The number of thioether (sulfide) groups is 1. The number of hydrogen-bond acceptors (Lipinski definition) is 9. The Kier molecular flexibility index (Phi) is 7.64. The normalized spacial score (nSPS) is 20.0. The van der Waals surface area contributed by atoms with Crippen molar-refractivity contribution >= 4 is 23.6 Å². The van der Waals surface area contributed by atoms with Gasteiger partial charge in [-0.1, -0.05) is 24.3 Å². The third kappa shape index (κ3) is 4.80. The van der Waals surface area contributed by atoms with Gasteiger partial charge in [0.2, 0.25) is 11.2 Å². The van der Waals surface area contributed by atoms with E-state index in [1.807, 2.05) is 29.3 Å². The Labute approximate surface area is 243 Å². The fourth-order valence-electron chi connectivity index (χ4n) is 5.62. The maximum absolute atomic E-state index is 15.3. The number of ether oxygens (including phenoxy) is 3. The van der Waals surface area contributed by atoms with Crippen LogP contribution in [-0.4, -0.2) is 65.9 Å². The van der Waals surface area contributed by atoms with E-state index in [1.165, 1.54) is 35.8 Å². The number of methoxy groups -OCH3 is 1. The molecule has 0 bridgehead atoms. The number of fused-ring (bicyclic) bond motifs is 4. The van der Waals surface area contributed by atoms with E-state index in [0.29, 0.717) is 5.56 Å². The first-order valence-electron chi connectivity index (χ1n) is 13.3. The lowest BCUT2D eigenvalue weighted by Gasteiger charge is -2.51. The highest BCUT2D eigenvalue weighted by Gasteiger charge is 2.46. The molecule has 3 aliphatic rings. The van der Waals surface area contributed by atoms with Crippen molar-refractivity contribution in [3.63, 3.8) is 0 Å². The van der Waals surface area contributed by atoms with Gasteiger partial charge in [0.05, 0.1) is 32.8 Å². The number of carbonyl (C=O) groups excluding carboxylic acids is 2. The summed E-state index contributed by atoms with van der Waals surface area (Å²) in [6.07, 6.45) is -1.19. The van der Waals surface area contributed by atoms with Crippen LogP contribution in [0.25, 0.3) is 0 Å². The van der Waals surface area contributed by atoms with Gasteiger partial charge in [-0.25, -0.2) is 8.78 Å². The van der Waals surface area contributed by atoms with Crippen LogP contribution in [0.1, 0.15) is 46.1 Å². The van der Waals surface area contributed by atoms with Crippen molar-refractivity contribution in [2.24, 2.45) is 0 Å². The minimum Gasteiger partial charge on any atom is -0.469 e. The molecular formula is C29H27F2N3O7S. The molecule has 0 saturated carbocycles. The number of morpholine rings is 1. The van der Waals surface area contributed by atoms with E-state index >= 15 is 4.39 Å². The molecule has 1 amide bonds. The second kappa shape index (κ2) is 11.4. The Morgan fingerprint density at radius 2 is 1.98 bits per heavy atom. The monoisotopic (exact) mass is 599 g/mol. The first-order chi connectivity index (χ1) is 20.3. The van der Waals surface area contributed by atoms with Crippen LogP contribution in [-0.2, 0) is 20.0 Å². The van der Waals surface area contributed by atoms with Gasteiger partial charge in [0.15, 0.2) is 23.6 Å². The zero-order valence-electron chi connectivity index (χ0n) is 22.5. The molecule has 1 fully saturated rings. The van der Waals surface area contributed by atoms with Crippen molar-refractivity contribution in [2.75, 3.05) is 31.9 Å². The van der Waals surface area contributed by atoms with Gasteiger partial charge >= 0.3 is 5.97 Å². The zero-order chi connectivity index (χ0) is 29.5. The van der Waals surface area contributed by atoms with E-state index in [-0.39, 0.29) is 49.6 Å². The number of pyridine rings is 1. The molecule has 220 valence electrons. The van der Waals surface area contributed by atoms with Gasteiger partial charge in [-0.05, 0) is 23.3 Å². The molecule has 3 aliphatic heterocycles. The Bertz CT molecular complexity index is 1620. The van der Waals surface area contributed by atoms with Crippen LogP contribution in [0, 0.1) is 11.6 Å². The number of esters is 1. The summed E-state index contributed by atoms with van der Waals surface area (Å²) in [5.41, 5.74) is 0.687.